The zero-order valence-electron chi connectivity index (χ0n) is 13.1. The number of aromatic nitrogens is 2. The van der Waals surface area contributed by atoms with Gasteiger partial charge in [0.05, 0.1) is 6.42 Å². The van der Waals surface area contributed by atoms with E-state index in [2.05, 4.69) is 46.1 Å². The molecule has 2 aromatic rings. The van der Waals surface area contributed by atoms with Crippen molar-refractivity contribution in [1.82, 2.24) is 15.2 Å². The summed E-state index contributed by atoms with van der Waals surface area (Å²) in [6, 6.07) is 8.59. The maximum Gasteiger partial charge on any atom is 0.228 e. The van der Waals surface area contributed by atoms with Crippen molar-refractivity contribution in [3.05, 3.63) is 46.8 Å². The Morgan fingerprint density at radius 2 is 2.23 bits per heavy atom. The summed E-state index contributed by atoms with van der Waals surface area (Å²) in [5.74, 6) is 0.533. The van der Waals surface area contributed by atoms with Gasteiger partial charge in [-0.15, -0.1) is 0 Å². The summed E-state index contributed by atoms with van der Waals surface area (Å²) in [7, 11) is 0. The average molecular weight is 299 g/mol. The SMILES string of the molecule is Cc1cccc(C2CCCN(C(=O)Cc3nonc3C)C2)c1. The van der Waals surface area contributed by atoms with Crippen LogP contribution in [0.4, 0.5) is 0 Å². The maximum absolute atomic E-state index is 12.5. The summed E-state index contributed by atoms with van der Waals surface area (Å²) in [5, 5.41) is 7.54. The predicted molar refractivity (Wildman–Crippen MR) is 82.5 cm³/mol. The number of aryl methyl sites for hydroxylation is 2. The first kappa shape index (κ1) is 14.8. The van der Waals surface area contributed by atoms with E-state index < -0.39 is 0 Å². The van der Waals surface area contributed by atoms with Crippen LogP contribution in [0.2, 0.25) is 0 Å². The fourth-order valence-electron chi connectivity index (χ4n) is 3.06. The molecule has 0 aliphatic carbocycles. The first-order valence-corrected chi connectivity index (χ1v) is 7.76. The smallest absolute Gasteiger partial charge is 0.228 e. The Labute approximate surface area is 130 Å². The third-order valence-electron chi connectivity index (χ3n) is 4.35. The number of nitrogens with zero attached hydrogens (tertiary/aromatic N) is 3. The summed E-state index contributed by atoms with van der Waals surface area (Å²) in [4.78, 5) is 14.4. The van der Waals surface area contributed by atoms with Crippen molar-refractivity contribution >= 4 is 5.91 Å². The molecule has 0 N–H and O–H groups in total. The van der Waals surface area contributed by atoms with E-state index in [1.54, 1.807) is 0 Å². The topological polar surface area (TPSA) is 59.2 Å². The third kappa shape index (κ3) is 3.18. The second-order valence-electron chi connectivity index (χ2n) is 6.07. The molecule has 1 atom stereocenters. The lowest BCUT2D eigenvalue weighted by Crippen LogP contribution is -2.40. The molecule has 22 heavy (non-hydrogen) atoms. The van der Waals surface area contributed by atoms with Gasteiger partial charge < -0.3 is 4.90 Å². The summed E-state index contributed by atoms with van der Waals surface area (Å²) < 4.78 is 4.67. The molecule has 1 fully saturated rings. The Morgan fingerprint density at radius 1 is 1.36 bits per heavy atom. The highest BCUT2D eigenvalue weighted by molar-refractivity contribution is 5.78. The van der Waals surface area contributed by atoms with Crippen LogP contribution in [0, 0.1) is 13.8 Å². The molecule has 0 radical (unpaired) electrons. The van der Waals surface area contributed by atoms with Crippen LogP contribution in [-0.2, 0) is 11.2 Å². The number of hydrogen-bond donors (Lipinski definition) is 0. The highest BCUT2D eigenvalue weighted by Gasteiger charge is 2.25. The van der Waals surface area contributed by atoms with Crippen LogP contribution in [0.15, 0.2) is 28.9 Å². The largest absolute Gasteiger partial charge is 0.342 e. The predicted octanol–water partition coefficient (Wildman–Crippen LogP) is 2.64. The fourth-order valence-corrected chi connectivity index (χ4v) is 3.06. The minimum absolute atomic E-state index is 0.108. The van der Waals surface area contributed by atoms with Gasteiger partial charge in [0.2, 0.25) is 5.91 Å². The maximum atomic E-state index is 12.5. The van der Waals surface area contributed by atoms with E-state index in [0.717, 1.165) is 25.9 Å². The van der Waals surface area contributed by atoms with E-state index in [-0.39, 0.29) is 12.3 Å². The molecule has 0 spiro atoms. The summed E-state index contributed by atoms with van der Waals surface area (Å²) in [5.41, 5.74) is 3.94. The molecule has 5 nitrogen and oxygen atoms in total. The quantitative estimate of drug-likeness (QED) is 0.874. The van der Waals surface area contributed by atoms with Gasteiger partial charge in [-0.05, 0) is 32.3 Å². The van der Waals surface area contributed by atoms with Crippen LogP contribution >= 0.6 is 0 Å². The molecular formula is C17H21N3O2. The standard InChI is InChI=1S/C17H21N3O2/c1-12-5-3-6-14(9-12)15-7-4-8-20(11-15)17(21)10-16-13(2)18-22-19-16/h3,5-6,9,15H,4,7-8,10-11H2,1-2H3. The van der Waals surface area contributed by atoms with Gasteiger partial charge in [0.1, 0.15) is 11.4 Å². The Balaban J connectivity index is 1.67. The highest BCUT2D eigenvalue weighted by Crippen LogP contribution is 2.27. The number of benzene rings is 1. The zero-order valence-corrected chi connectivity index (χ0v) is 13.1. The van der Waals surface area contributed by atoms with Gasteiger partial charge >= 0.3 is 0 Å². The molecule has 2 heterocycles. The Bertz CT molecular complexity index is 665. The van der Waals surface area contributed by atoms with Gasteiger partial charge in [-0.3, -0.25) is 4.79 Å². The second kappa shape index (κ2) is 6.30. The van der Waals surface area contributed by atoms with Crippen molar-refractivity contribution in [2.75, 3.05) is 13.1 Å². The summed E-state index contributed by atoms with van der Waals surface area (Å²) in [6.07, 6.45) is 2.45. The van der Waals surface area contributed by atoms with Gasteiger partial charge in [-0.25, -0.2) is 4.63 Å². The first-order chi connectivity index (χ1) is 10.6. The van der Waals surface area contributed by atoms with E-state index in [1.165, 1.54) is 11.1 Å². The molecule has 0 saturated carbocycles. The molecule has 1 unspecified atom stereocenters. The molecule has 1 aliphatic rings. The van der Waals surface area contributed by atoms with E-state index in [1.807, 2.05) is 11.8 Å². The normalized spacial score (nSPS) is 18.5. The Morgan fingerprint density at radius 3 is 2.95 bits per heavy atom. The molecular weight excluding hydrogens is 278 g/mol. The number of amides is 1. The van der Waals surface area contributed by atoms with Crippen molar-refractivity contribution in [2.24, 2.45) is 0 Å². The molecule has 3 rings (SSSR count). The van der Waals surface area contributed by atoms with Gasteiger partial charge in [0.25, 0.3) is 0 Å². The highest BCUT2D eigenvalue weighted by atomic mass is 16.6. The van der Waals surface area contributed by atoms with Gasteiger partial charge in [0, 0.05) is 19.0 Å². The lowest BCUT2D eigenvalue weighted by atomic mass is 9.89. The summed E-state index contributed by atoms with van der Waals surface area (Å²) in [6.45, 7) is 5.53. The zero-order chi connectivity index (χ0) is 15.5. The molecule has 1 aromatic heterocycles. The van der Waals surface area contributed by atoms with Crippen molar-refractivity contribution in [1.29, 1.82) is 0 Å². The van der Waals surface area contributed by atoms with Gasteiger partial charge in [-0.2, -0.15) is 0 Å². The van der Waals surface area contributed by atoms with Crippen LogP contribution < -0.4 is 0 Å². The van der Waals surface area contributed by atoms with Gasteiger partial charge in [-0.1, -0.05) is 40.1 Å². The van der Waals surface area contributed by atoms with Crippen molar-refractivity contribution in [3.8, 4) is 0 Å². The van der Waals surface area contributed by atoms with E-state index in [0.29, 0.717) is 17.3 Å². The number of likely N-dealkylation sites (tertiary alicyclic amines) is 1. The molecule has 1 saturated heterocycles. The average Bonchev–Trinajstić information content (AvgIpc) is 2.92. The minimum atomic E-state index is 0.108. The molecule has 1 aliphatic heterocycles. The van der Waals surface area contributed by atoms with Crippen molar-refractivity contribution < 1.29 is 9.42 Å². The molecule has 1 amide bonds. The van der Waals surface area contributed by atoms with E-state index in [4.69, 9.17) is 0 Å². The first-order valence-electron chi connectivity index (χ1n) is 7.76. The fraction of sp³-hybridized carbons (Fsp3) is 0.471. The number of carbonyl (C=O) groups excluding carboxylic acids is 1. The summed E-state index contributed by atoms with van der Waals surface area (Å²) >= 11 is 0. The van der Waals surface area contributed by atoms with Crippen LogP contribution in [0.5, 0.6) is 0 Å². The van der Waals surface area contributed by atoms with Gasteiger partial charge in [0.15, 0.2) is 0 Å². The van der Waals surface area contributed by atoms with Crippen LogP contribution in [0.3, 0.4) is 0 Å². The van der Waals surface area contributed by atoms with Crippen LogP contribution in [0.1, 0.15) is 41.3 Å². The van der Waals surface area contributed by atoms with Crippen LogP contribution in [-0.4, -0.2) is 34.2 Å². The molecule has 0 bridgehead atoms. The van der Waals surface area contributed by atoms with Crippen LogP contribution in [0.25, 0.3) is 0 Å². The lowest BCUT2D eigenvalue weighted by Gasteiger charge is -2.33. The number of carbonyl (C=O) groups is 1. The van der Waals surface area contributed by atoms with E-state index in [9.17, 15) is 4.79 Å². The number of hydrogen-bond acceptors (Lipinski definition) is 4. The molecule has 1 aromatic carbocycles. The van der Waals surface area contributed by atoms with Crippen molar-refractivity contribution in [2.45, 2.75) is 39.0 Å². The molecule has 116 valence electrons. The third-order valence-corrected chi connectivity index (χ3v) is 4.35. The Kier molecular flexibility index (Phi) is 4.22. The van der Waals surface area contributed by atoms with E-state index >= 15 is 0 Å². The second-order valence-corrected chi connectivity index (χ2v) is 6.07. The number of rotatable bonds is 3. The monoisotopic (exact) mass is 299 g/mol. The number of piperidine rings is 1. The Hall–Kier alpha value is -2.17. The molecule has 5 heteroatoms. The minimum Gasteiger partial charge on any atom is -0.342 e. The lowest BCUT2D eigenvalue weighted by molar-refractivity contribution is -0.131. The van der Waals surface area contributed by atoms with Crippen molar-refractivity contribution in [3.63, 3.8) is 0 Å².